The molecule has 5 heteroatoms. The Morgan fingerprint density at radius 3 is 2.90 bits per heavy atom. The Balaban J connectivity index is 1.67. The molecule has 1 saturated carbocycles. The monoisotopic (exact) mass is 298 g/mol. The van der Waals surface area contributed by atoms with Crippen molar-refractivity contribution >= 4 is 22.5 Å². The highest BCUT2D eigenvalue weighted by Crippen LogP contribution is 2.24. The van der Waals surface area contributed by atoms with E-state index in [4.69, 9.17) is 11.6 Å². The van der Waals surface area contributed by atoms with Gasteiger partial charge in [-0.1, -0.05) is 29.8 Å². The Kier molecular flexibility index (Phi) is 3.13. The quantitative estimate of drug-likeness (QED) is 0.803. The molecule has 4 nitrogen and oxygen atoms in total. The first-order valence-electron chi connectivity index (χ1n) is 7.12. The lowest BCUT2D eigenvalue weighted by atomic mass is 10.2. The van der Waals surface area contributed by atoms with Gasteiger partial charge in [-0.2, -0.15) is 5.10 Å². The number of hydrogen-bond acceptors (Lipinski definition) is 3. The molecule has 1 aliphatic rings. The normalized spacial score (nSPS) is 14.7. The molecule has 0 radical (unpaired) electrons. The van der Waals surface area contributed by atoms with Crippen molar-refractivity contribution < 1.29 is 0 Å². The topological polar surface area (TPSA) is 42.7 Å². The molecular formula is C16H15ClN4. The van der Waals surface area contributed by atoms with Crippen molar-refractivity contribution in [2.24, 2.45) is 0 Å². The average Bonchev–Trinajstić information content (AvgIpc) is 3.24. The van der Waals surface area contributed by atoms with Gasteiger partial charge in [0.2, 0.25) is 0 Å². The minimum atomic E-state index is 0.624. The molecule has 106 valence electrons. The number of para-hydroxylation sites is 1. The number of nitrogens with zero attached hydrogens (tertiary/aromatic N) is 3. The van der Waals surface area contributed by atoms with E-state index in [-0.39, 0.29) is 0 Å². The highest BCUT2D eigenvalue weighted by molar-refractivity contribution is 6.32. The van der Waals surface area contributed by atoms with Crippen LogP contribution in [0.15, 0.2) is 42.7 Å². The van der Waals surface area contributed by atoms with Gasteiger partial charge in [-0.25, -0.2) is 9.67 Å². The van der Waals surface area contributed by atoms with Crippen LogP contribution in [0, 0.1) is 0 Å². The summed E-state index contributed by atoms with van der Waals surface area (Å²) in [5.74, 6) is 0.674. The fourth-order valence-electron chi connectivity index (χ4n) is 2.41. The molecule has 21 heavy (non-hydrogen) atoms. The van der Waals surface area contributed by atoms with Gasteiger partial charge in [0.1, 0.15) is 0 Å². The van der Waals surface area contributed by atoms with Gasteiger partial charge in [0.25, 0.3) is 0 Å². The number of fused-ring (bicyclic) bond motifs is 1. The maximum atomic E-state index is 6.40. The Morgan fingerprint density at radius 1 is 1.24 bits per heavy atom. The third-order valence-corrected chi connectivity index (χ3v) is 4.01. The van der Waals surface area contributed by atoms with Gasteiger partial charge in [-0.15, -0.1) is 0 Å². The van der Waals surface area contributed by atoms with E-state index in [1.54, 1.807) is 4.68 Å². The largest absolute Gasteiger partial charge is 0.310 e. The van der Waals surface area contributed by atoms with Gasteiger partial charge in [0.05, 0.1) is 16.7 Å². The zero-order chi connectivity index (χ0) is 14.2. The predicted octanol–water partition coefficient (Wildman–Crippen LogP) is 3.33. The van der Waals surface area contributed by atoms with Crippen molar-refractivity contribution in [3.63, 3.8) is 0 Å². The van der Waals surface area contributed by atoms with Crippen molar-refractivity contribution in [3.8, 4) is 5.82 Å². The van der Waals surface area contributed by atoms with Crippen LogP contribution in [0.3, 0.4) is 0 Å². The van der Waals surface area contributed by atoms with Crippen molar-refractivity contribution in [2.75, 3.05) is 0 Å². The predicted molar refractivity (Wildman–Crippen MR) is 83.7 cm³/mol. The van der Waals surface area contributed by atoms with Crippen LogP contribution in [-0.2, 0) is 6.54 Å². The first-order valence-corrected chi connectivity index (χ1v) is 7.50. The molecule has 0 spiro atoms. The van der Waals surface area contributed by atoms with Gasteiger partial charge in [0.15, 0.2) is 5.82 Å². The number of hydrogen-bond donors (Lipinski definition) is 1. The molecule has 0 saturated heterocycles. The molecule has 0 bridgehead atoms. The number of halogens is 1. The van der Waals surface area contributed by atoms with Crippen LogP contribution in [-0.4, -0.2) is 20.8 Å². The first-order chi connectivity index (χ1) is 10.3. The summed E-state index contributed by atoms with van der Waals surface area (Å²) in [6.45, 7) is 0.817. The summed E-state index contributed by atoms with van der Waals surface area (Å²) >= 11 is 6.40. The van der Waals surface area contributed by atoms with Crippen molar-refractivity contribution in [1.82, 2.24) is 20.1 Å². The zero-order valence-corrected chi connectivity index (χ0v) is 12.2. The lowest BCUT2D eigenvalue weighted by Gasteiger charge is -2.08. The van der Waals surface area contributed by atoms with E-state index in [1.165, 1.54) is 12.8 Å². The van der Waals surface area contributed by atoms with E-state index in [9.17, 15) is 0 Å². The van der Waals surface area contributed by atoms with Crippen molar-refractivity contribution in [3.05, 3.63) is 53.3 Å². The SMILES string of the molecule is Clc1cc(CNC2CC2)cnc1-n1ncc2ccccc21. The maximum absolute atomic E-state index is 6.40. The third-order valence-electron chi connectivity index (χ3n) is 3.73. The van der Waals surface area contributed by atoms with Gasteiger partial charge < -0.3 is 5.32 Å². The molecule has 1 aromatic carbocycles. The van der Waals surface area contributed by atoms with Crippen LogP contribution in [0.25, 0.3) is 16.7 Å². The molecule has 1 fully saturated rings. The minimum Gasteiger partial charge on any atom is -0.310 e. The Hall–Kier alpha value is -1.91. The summed E-state index contributed by atoms with van der Waals surface area (Å²) in [7, 11) is 0. The summed E-state index contributed by atoms with van der Waals surface area (Å²) in [5.41, 5.74) is 2.11. The van der Waals surface area contributed by atoms with Crippen molar-refractivity contribution in [2.45, 2.75) is 25.4 Å². The standard InChI is InChI=1S/C16H15ClN4/c17-14-7-11(8-18-13-5-6-13)9-19-16(14)21-15-4-2-1-3-12(15)10-20-21/h1-4,7,9-10,13,18H,5-6,8H2. The summed E-state index contributed by atoms with van der Waals surface area (Å²) in [6, 6.07) is 10.7. The number of benzene rings is 1. The Labute approximate surface area is 127 Å². The number of nitrogens with one attached hydrogen (secondary N) is 1. The van der Waals surface area contributed by atoms with Gasteiger partial charge >= 0.3 is 0 Å². The number of aromatic nitrogens is 3. The second kappa shape index (κ2) is 5.13. The number of rotatable bonds is 4. The van der Waals surface area contributed by atoms with Crippen molar-refractivity contribution in [1.29, 1.82) is 0 Å². The Morgan fingerprint density at radius 2 is 2.10 bits per heavy atom. The minimum absolute atomic E-state index is 0.624. The van der Waals surface area contributed by atoms with E-state index in [2.05, 4.69) is 15.4 Å². The lowest BCUT2D eigenvalue weighted by molar-refractivity contribution is 0.685. The summed E-state index contributed by atoms with van der Waals surface area (Å²) in [5, 5.41) is 9.56. The van der Waals surface area contributed by atoms with E-state index < -0.39 is 0 Å². The van der Waals surface area contributed by atoms with Crippen LogP contribution in [0.2, 0.25) is 5.02 Å². The summed E-state index contributed by atoms with van der Waals surface area (Å²) in [4.78, 5) is 4.50. The molecular weight excluding hydrogens is 284 g/mol. The number of pyridine rings is 1. The highest BCUT2D eigenvalue weighted by atomic mass is 35.5. The molecule has 0 aliphatic heterocycles. The highest BCUT2D eigenvalue weighted by Gasteiger charge is 2.20. The van der Waals surface area contributed by atoms with E-state index in [1.807, 2.05) is 42.7 Å². The molecule has 4 rings (SSSR count). The molecule has 0 atom stereocenters. The van der Waals surface area contributed by atoms with Crippen LogP contribution < -0.4 is 5.32 Å². The Bertz CT molecular complexity index is 792. The average molecular weight is 299 g/mol. The summed E-state index contributed by atoms with van der Waals surface area (Å²) < 4.78 is 1.79. The second-order valence-corrected chi connectivity index (χ2v) is 5.83. The van der Waals surface area contributed by atoms with E-state index >= 15 is 0 Å². The van der Waals surface area contributed by atoms with Crippen LogP contribution in [0.5, 0.6) is 0 Å². The van der Waals surface area contributed by atoms with E-state index in [0.29, 0.717) is 16.9 Å². The molecule has 0 unspecified atom stereocenters. The fraction of sp³-hybridized carbons (Fsp3) is 0.250. The zero-order valence-electron chi connectivity index (χ0n) is 11.5. The molecule has 1 aliphatic carbocycles. The smallest absolute Gasteiger partial charge is 0.172 e. The molecule has 0 amide bonds. The first kappa shape index (κ1) is 12.8. The third kappa shape index (κ3) is 2.52. The molecule has 1 N–H and O–H groups in total. The molecule has 3 aromatic rings. The second-order valence-electron chi connectivity index (χ2n) is 5.42. The fourth-order valence-corrected chi connectivity index (χ4v) is 2.68. The maximum Gasteiger partial charge on any atom is 0.172 e. The van der Waals surface area contributed by atoms with Gasteiger partial charge in [-0.05, 0) is 30.5 Å². The van der Waals surface area contributed by atoms with Gasteiger partial charge in [0, 0.05) is 24.2 Å². The molecule has 2 heterocycles. The van der Waals surface area contributed by atoms with Crippen LogP contribution in [0.4, 0.5) is 0 Å². The molecule has 2 aromatic heterocycles. The summed E-state index contributed by atoms with van der Waals surface area (Å²) in [6.07, 6.45) is 6.25. The van der Waals surface area contributed by atoms with Crippen LogP contribution in [0.1, 0.15) is 18.4 Å². The van der Waals surface area contributed by atoms with E-state index in [0.717, 1.165) is 23.0 Å². The van der Waals surface area contributed by atoms with Gasteiger partial charge in [-0.3, -0.25) is 0 Å². The lowest BCUT2D eigenvalue weighted by Crippen LogP contribution is -2.15. The van der Waals surface area contributed by atoms with Crippen LogP contribution >= 0.6 is 11.6 Å².